The van der Waals surface area contributed by atoms with Crippen molar-refractivity contribution in [3.63, 3.8) is 0 Å². The molecular weight excluding hydrogens is 256 g/mol. The molecule has 0 aliphatic heterocycles. The van der Waals surface area contributed by atoms with Crippen LogP contribution in [0, 0.1) is 0 Å². The van der Waals surface area contributed by atoms with Gasteiger partial charge in [0.1, 0.15) is 0 Å². The third-order valence-corrected chi connectivity index (χ3v) is 0.129. The van der Waals surface area contributed by atoms with Crippen LogP contribution in [0.25, 0.3) is 0 Å². The number of aliphatic hydroxyl groups is 1. The Kier molecular flexibility index (Phi) is 40.6. The summed E-state index contributed by atoms with van der Waals surface area (Å²) in [5, 5.41) is 23.1. The number of rotatable bonds is 1. The van der Waals surface area contributed by atoms with E-state index < -0.39 is 16.6 Å². The molecule has 9 nitrogen and oxygen atoms in total. The van der Waals surface area contributed by atoms with Crippen LogP contribution in [0.15, 0.2) is 0 Å². The summed E-state index contributed by atoms with van der Waals surface area (Å²) in [7, 11) is -4.92. The molecule has 0 saturated heterocycles. The van der Waals surface area contributed by atoms with Gasteiger partial charge >= 0.3 is 59.1 Å². The Labute approximate surface area is 131 Å². The molecule has 0 amide bonds. The minimum absolute atomic E-state index is 0. The standard InChI is InChI=1S/C2H7NO.CH2O3.2Na.H2O4S/c3-1-2-4;2-1(3)4;;;1-5(2,3)4/h4H,1-3H2;(H2,2,3,4);;;(H2,1,2,3,4)/q;;2*+1;/p-2. The molecule has 0 heterocycles. The molecule has 0 aromatic rings. The second-order valence-electron chi connectivity index (χ2n) is 1.21. The Morgan fingerprint density at radius 2 is 1.40 bits per heavy atom. The normalized spacial score (nSPS) is 7.47. The first-order valence-electron chi connectivity index (χ1n) is 2.54. The molecule has 5 N–H and O–H groups in total. The summed E-state index contributed by atoms with van der Waals surface area (Å²) in [6.45, 7) is 0.472. The van der Waals surface area contributed by atoms with E-state index >= 15 is 0 Å². The molecule has 0 unspecified atom stereocenters. The monoisotopic (exact) mass is 265 g/mol. The zero-order valence-electron chi connectivity index (χ0n) is 8.28. The van der Waals surface area contributed by atoms with Crippen LogP contribution >= 0.6 is 0 Å². The van der Waals surface area contributed by atoms with E-state index in [4.69, 9.17) is 43.4 Å². The van der Waals surface area contributed by atoms with Crippen LogP contribution in [0.2, 0.25) is 0 Å². The zero-order valence-corrected chi connectivity index (χ0v) is 13.1. The van der Waals surface area contributed by atoms with Gasteiger partial charge in [-0.3, -0.25) is 4.55 Å². The molecule has 0 spiro atoms. The van der Waals surface area contributed by atoms with Gasteiger partial charge in [0, 0.05) is 6.54 Å². The summed E-state index contributed by atoms with van der Waals surface area (Å²) >= 11 is 0. The maximum Gasteiger partial charge on any atom is 1.00 e. The fourth-order valence-electron chi connectivity index (χ4n) is 0. The van der Waals surface area contributed by atoms with E-state index in [9.17, 15) is 0 Å². The van der Waals surface area contributed by atoms with Gasteiger partial charge in [0.15, 0.2) is 0 Å². The van der Waals surface area contributed by atoms with Gasteiger partial charge in [-0.15, -0.1) is 0 Å². The zero-order chi connectivity index (χ0) is 11.5. The van der Waals surface area contributed by atoms with Crippen molar-refractivity contribution >= 4 is 16.6 Å². The van der Waals surface area contributed by atoms with Gasteiger partial charge < -0.3 is 30.4 Å². The third-order valence-electron chi connectivity index (χ3n) is 0.129. The first-order chi connectivity index (χ1) is 5.65. The summed E-state index contributed by atoms with van der Waals surface area (Å²) in [5.41, 5.74) is 4.78. The molecule has 0 bridgehead atoms. The van der Waals surface area contributed by atoms with E-state index in [2.05, 4.69) is 0 Å². The van der Waals surface area contributed by atoms with Crippen molar-refractivity contribution in [1.82, 2.24) is 0 Å². The van der Waals surface area contributed by atoms with E-state index in [1.807, 2.05) is 0 Å². The Hall–Kier alpha value is 1.06. The van der Waals surface area contributed by atoms with Gasteiger partial charge in [0.05, 0.1) is 6.61 Å². The molecule has 0 aromatic heterocycles. The number of hydrogen-bond acceptors (Lipinski definition) is 7. The van der Waals surface area contributed by atoms with Crippen LogP contribution in [-0.2, 0) is 10.4 Å². The van der Waals surface area contributed by atoms with Crippen LogP contribution in [-0.4, -0.2) is 47.0 Å². The molecule has 0 radical (unpaired) electrons. The SMILES string of the molecule is NCCO.O=C([O-])O.O=S(=O)([O-])O.[Na+].[Na+]. The number of carboxylic acid groups (broad SMARTS) is 2. The largest absolute Gasteiger partial charge is 1.00 e. The first kappa shape index (κ1) is 29.8. The molecular formula is C3H9NNa2O8S. The van der Waals surface area contributed by atoms with Crippen molar-refractivity contribution < 1.29 is 96.8 Å². The smallest absolute Gasteiger partial charge is 0.726 e. The van der Waals surface area contributed by atoms with Crippen molar-refractivity contribution in [3.05, 3.63) is 0 Å². The van der Waals surface area contributed by atoms with Gasteiger partial charge in [-0.25, -0.2) is 8.42 Å². The van der Waals surface area contributed by atoms with Crippen LogP contribution < -0.4 is 70.0 Å². The number of aliphatic hydroxyl groups excluding tert-OH is 1. The van der Waals surface area contributed by atoms with Crippen molar-refractivity contribution in [2.24, 2.45) is 5.73 Å². The van der Waals surface area contributed by atoms with Crippen molar-refractivity contribution in [2.75, 3.05) is 13.2 Å². The van der Waals surface area contributed by atoms with Crippen LogP contribution in [0.4, 0.5) is 4.79 Å². The second-order valence-corrected chi connectivity index (χ2v) is 2.06. The Bertz CT molecular complexity index is 192. The molecule has 0 aliphatic carbocycles. The average molecular weight is 265 g/mol. The molecule has 15 heavy (non-hydrogen) atoms. The van der Waals surface area contributed by atoms with Gasteiger partial charge in [-0.05, 0) is 0 Å². The predicted molar refractivity (Wildman–Crippen MR) is 36.5 cm³/mol. The number of nitrogens with two attached hydrogens (primary N) is 1. The molecule has 82 valence electrons. The van der Waals surface area contributed by atoms with Gasteiger partial charge in [-0.1, -0.05) is 0 Å². The molecule has 0 aromatic carbocycles. The molecule has 0 saturated carbocycles. The van der Waals surface area contributed by atoms with E-state index in [0.29, 0.717) is 6.54 Å². The maximum absolute atomic E-state index is 8.63. The molecule has 0 rings (SSSR count). The molecule has 0 fully saturated rings. The quantitative estimate of drug-likeness (QED) is 0.203. The third kappa shape index (κ3) is 605. The maximum atomic E-state index is 8.63. The van der Waals surface area contributed by atoms with Gasteiger partial charge in [-0.2, -0.15) is 0 Å². The second kappa shape index (κ2) is 20.5. The van der Waals surface area contributed by atoms with Crippen LogP contribution in [0.3, 0.4) is 0 Å². The minimum Gasteiger partial charge on any atom is -0.726 e. The number of carbonyl (C=O) groups is 1. The fraction of sp³-hybridized carbons (Fsp3) is 0.667. The summed E-state index contributed by atoms with van der Waals surface area (Å²) in [6.07, 6.45) is -2.08. The van der Waals surface area contributed by atoms with E-state index in [1.54, 1.807) is 0 Å². The summed E-state index contributed by atoms with van der Waals surface area (Å²) in [5.74, 6) is 0. The first-order valence-corrected chi connectivity index (χ1v) is 3.90. The summed E-state index contributed by atoms with van der Waals surface area (Å²) < 4.78 is 32.8. The average Bonchev–Trinajstić information content (AvgIpc) is 1.82. The van der Waals surface area contributed by atoms with E-state index in [0.717, 1.165) is 0 Å². The van der Waals surface area contributed by atoms with Crippen LogP contribution in [0.1, 0.15) is 0 Å². The Morgan fingerprint density at radius 1 is 1.33 bits per heavy atom. The van der Waals surface area contributed by atoms with Crippen molar-refractivity contribution in [3.8, 4) is 0 Å². The summed E-state index contributed by atoms with van der Waals surface area (Å²) in [4.78, 5) is 8.44. The van der Waals surface area contributed by atoms with Crippen molar-refractivity contribution in [2.45, 2.75) is 0 Å². The Balaban J connectivity index is -0.0000000315. The Morgan fingerprint density at radius 3 is 1.40 bits per heavy atom. The molecule has 12 heteroatoms. The summed E-state index contributed by atoms with van der Waals surface area (Å²) in [6, 6.07) is 0. The van der Waals surface area contributed by atoms with Gasteiger partial charge in [0.2, 0.25) is 16.6 Å². The molecule has 0 atom stereocenters. The van der Waals surface area contributed by atoms with E-state index in [-0.39, 0.29) is 65.7 Å². The topological polar surface area (TPSA) is 184 Å². The number of hydrogen-bond donors (Lipinski definition) is 4. The van der Waals surface area contributed by atoms with Gasteiger partial charge in [0.25, 0.3) is 0 Å². The van der Waals surface area contributed by atoms with Crippen LogP contribution in [0.5, 0.6) is 0 Å². The minimum atomic E-state index is -4.92. The van der Waals surface area contributed by atoms with Crippen molar-refractivity contribution in [1.29, 1.82) is 0 Å². The predicted octanol–water partition coefficient (Wildman–Crippen LogP) is -9.16. The molecule has 0 aliphatic rings. The fourth-order valence-corrected chi connectivity index (χ4v) is 0. The van der Waals surface area contributed by atoms with E-state index in [1.165, 1.54) is 0 Å².